The highest BCUT2D eigenvalue weighted by atomic mass is 16.4. The molecule has 6 heteroatoms. The number of hydrogen-bond donors (Lipinski definition) is 1. The summed E-state index contributed by atoms with van der Waals surface area (Å²) < 4.78 is 7.01. The number of aliphatic hydroxyl groups excluding tert-OH is 1. The van der Waals surface area contributed by atoms with Gasteiger partial charge in [-0.15, -0.1) is 0 Å². The number of carbonyl (C=O) groups is 1. The topological polar surface area (TPSA) is 71.5 Å². The van der Waals surface area contributed by atoms with E-state index in [1.54, 1.807) is 29.3 Å². The number of nitrogens with zero attached hydrogens (tertiary/aromatic N) is 3. The zero-order valence-electron chi connectivity index (χ0n) is 14.1. The second-order valence-corrected chi connectivity index (χ2v) is 6.56. The fraction of sp³-hybridized carbons (Fsp3) is 0.556. The molecule has 0 aromatic carbocycles. The molecule has 3 heterocycles. The summed E-state index contributed by atoms with van der Waals surface area (Å²) in [5.41, 5.74) is 0.928. The van der Waals surface area contributed by atoms with Crippen molar-refractivity contribution in [2.75, 3.05) is 6.54 Å². The third kappa shape index (κ3) is 4.06. The number of furan rings is 1. The molecule has 1 saturated heterocycles. The second-order valence-electron chi connectivity index (χ2n) is 6.56. The summed E-state index contributed by atoms with van der Waals surface area (Å²) in [5.74, 6) is 0.681. The first-order valence-electron chi connectivity index (χ1n) is 8.62. The minimum absolute atomic E-state index is 0.0526. The summed E-state index contributed by atoms with van der Waals surface area (Å²) in [4.78, 5) is 14.7. The van der Waals surface area contributed by atoms with Gasteiger partial charge in [0.25, 0.3) is 0 Å². The minimum atomic E-state index is -0.670. The van der Waals surface area contributed by atoms with Crippen molar-refractivity contribution < 1.29 is 14.3 Å². The van der Waals surface area contributed by atoms with Crippen molar-refractivity contribution in [2.24, 2.45) is 7.05 Å². The standard InChI is InChI=1S/C18H25N3O3/c1-20-13-14(12-19-20)10-18(23)21-8-4-2-3-6-15(21)11-16(22)17-7-5-9-24-17/h5,7,9,12-13,15-16,22H,2-4,6,8,10-11H2,1H3/t15-,16-/m1/s1. The zero-order valence-corrected chi connectivity index (χ0v) is 14.1. The first-order chi connectivity index (χ1) is 11.6. The van der Waals surface area contributed by atoms with Gasteiger partial charge in [-0.1, -0.05) is 12.8 Å². The molecule has 1 aliphatic rings. The van der Waals surface area contributed by atoms with Crippen LogP contribution < -0.4 is 0 Å². The van der Waals surface area contributed by atoms with E-state index in [-0.39, 0.29) is 11.9 Å². The molecule has 2 atom stereocenters. The Labute approximate surface area is 142 Å². The first kappa shape index (κ1) is 16.8. The van der Waals surface area contributed by atoms with Gasteiger partial charge in [0.1, 0.15) is 11.9 Å². The molecular formula is C18H25N3O3. The predicted octanol–water partition coefficient (Wildman–Crippen LogP) is 2.45. The summed E-state index contributed by atoms with van der Waals surface area (Å²) in [5, 5.41) is 14.5. The maximum atomic E-state index is 12.8. The number of aromatic nitrogens is 2. The molecular weight excluding hydrogens is 306 g/mol. The lowest BCUT2D eigenvalue weighted by Gasteiger charge is -2.31. The molecule has 2 aromatic heterocycles. The molecule has 0 bridgehead atoms. The van der Waals surface area contributed by atoms with Gasteiger partial charge < -0.3 is 14.4 Å². The van der Waals surface area contributed by atoms with Crippen LogP contribution in [-0.2, 0) is 18.3 Å². The van der Waals surface area contributed by atoms with Gasteiger partial charge in [-0.25, -0.2) is 0 Å². The number of amides is 1. The van der Waals surface area contributed by atoms with Crippen LogP contribution in [-0.4, -0.2) is 38.3 Å². The third-order valence-electron chi connectivity index (χ3n) is 4.68. The monoisotopic (exact) mass is 331 g/mol. The Morgan fingerprint density at radius 3 is 3.04 bits per heavy atom. The van der Waals surface area contributed by atoms with Gasteiger partial charge in [-0.2, -0.15) is 5.10 Å². The molecule has 0 spiro atoms. The number of aryl methyl sites for hydroxylation is 1. The van der Waals surface area contributed by atoms with Gasteiger partial charge in [-0.05, 0) is 30.5 Å². The third-order valence-corrected chi connectivity index (χ3v) is 4.68. The SMILES string of the molecule is Cn1cc(CC(=O)N2CCCCC[C@@H]2C[C@@H](O)c2ccco2)cn1. The number of carbonyl (C=O) groups excluding carboxylic acids is 1. The smallest absolute Gasteiger partial charge is 0.227 e. The highest BCUT2D eigenvalue weighted by Gasteiger charge is 2.28. The number of rotatable bonds is 5. The molecule has 1 amide bonds. The lowest BCUT2D eigenvalue weighted by Crippen LogP contribution is -2.41. The average Bonchev–Trinajstić information content (AvgIpc) is 3.16. The van der Waals surface area contributed by atoms with Crippen LogP contribution in [0.4, 0.5) is 0 Å². The molecule has 1 aliphatic heterocycles. The van der Waals surface area contributed by atoms with E-state index in [0.29, 0.717) is 18.6 Å². The van der Waals surface area contributed by atoms with Crippen LogP contribution >= 0.6 is 0 Å². The highest BCUT2D eigenvalue weighted by molar-refractivity contribution is 5.79. The van der Waals surface area contributed by atoms with E-state index >= 15 is 0 Å². The van der Waals surface area contributed by atoms with E-state index in [9.17, 15) is 9.90 Å². The Morgan fingerprint density at radius 2 is 2.33 bits per heavy atom. The first-order valence-corrected chi connectivity index (χ1v) is 8.62. The van der Waals surface area contributed by atoms with Crippen molar-refractivity contribution >= 4 is 5.91 Å². The van der Waals surface area contributed by atoms with Crippen LogP contribution in [0.15, 0.2) is 35.2 Å². The Morgan fingerprint density at radius 1 is 1.46 bits per heavy atom. The van der Waals surface area contributed by atoms with E-state index in [4.69, 9.17) is 4.42 Å². The lowest BCUT2D eigenvalue weighted by molar-refractivity contribution is -0.133. The molecule has 1 N–H and O–H groups in total. The van der Waals surface area contributed by atoms with Crippen molar-refractivity contribution in [2.45, 2.75) is 50.7 Å². The van der Waals surface area contributed by atoms with Gasteiger partial charge in [0.2, 0.25) is 5.91 Å². The molecule has 2 aromatic rings. The second kappa shape index (κ2) is 7.66. The van der Waals surface area contributed by atoms with Crippen LogP contribution in [0.3, 0.4) is 0 Å². The highest BCUT2D eigenvalue weighted by Crippen LogP contribution is 2.27. The molecule has 0 unspecified atom stereocenters. The molecule has 0 aliphatic carbocycles. The normalized spacial score (nSPS) is 19.9. The molecule has 6 nitrogen and oxygen atoms in total. The van der Waals surface area contributed by atoms with Crippen LogP contribution in [0, 0.1) is 0 Å². The summed E-state index contributed by atoms with van der Waals surface area (Å²) in [6.07, 6.45) is 9.56. The van der Waals surface area contributed by atoms with Crippen LogP contribution in [0.2, 0.25) is 0 Å². The summed E-state index contributed by atoms with van der Waals surface area (Å²) in [6.45, 7) is 0.759. The van der Waals surface area contributed by atoms with Crippen LogP contribution in [0.25, 0.3) is 0 Å². The predicted molar refractivity (Wildman–Crippen MR) is 89.2 cm³/mol. The Bertz CT molecular complexity index is 650. The Balaban J connectivity index is 1.68. The molecule has 0 radical (unpaired) electrons. The summed E-state index contributed by atoms with van der Waals surface area (Å²) >= 11 is 0. The minimum Gasteiger partial charge on any atom is -0.467 e. The number of aliphatic hydroxyl groups is 1. The zero-order chi connectivity index (χ0) is 16.9. The van der Waals surface area contributed by atoms with Crippen LogP contribution in [0.1, 0.15) is 49.5 Å². The van der Waals surface area contributed by atoms with E-state index in [2.05, 4.69) is 5.10 Å². The van der Waals surface area contributed by atoms with E-state index in [0.717, 1.165) is 37.8 Å². The Hall–Kier alpha value is -2.08. The summed E-state index contributed by atoms with van der Waals surface area (Å²) in [7, 11) is 1.85. The molecule has 1 fully saturated rings. The van der Waals surface area contributed by atoms with Crippen molar-refractivity contribution in [3.63, 3.8) is 0 Å². The molecule has 130 valence electrons. The fourth-order valence-electron chi connectivity index (χ4n) is 3.44. The number of likely N-dealkylation sites (tertiary alicyclic amines) is 1. The van der Waals surface area contributed by atoms with Crippen molar-refractivity contribution in [1.82, 2.24) is 14.7 Å². The van der Waals surface area contributed by atoms with E-state index < -0.39 is 6.10 Å². The van der Waals surface area contributed by atoms with Crippen LogP contribution in [0.5, 0.6) is 0 Å². The maximum absolute atomic E-state index is 12.8. The van der Waals surface area contributed by atoms with Gasteiger partial charge in [0, 0.05) is 32.3 Å². The molecule has 3 rings (SSSR count). The Kier molecular flexibility index (Phi) is 5.35. The maximum Gasteiger partial charge on any atom is 0.227 e. The van der Waals surface area contributed by atoms with E-state index in [1.165, 1.54) is 0 Å². The fourth-order valence-corrected chi connectivity index (χ4v) is 3.44. The molecule has 0 saturated carbocycles. The quantitative estimate of drug-likeness (QED) is 0.913. The summed E-state index contributed by atoms with van der Waals surface area (Å²) in [6, 6.07) is 3.61. The lowest BCUT2D eigenvalue weighted by atomic mass is 10.0. The van der Waals surface area contributed by atoms with Gasteiger partial charge in [0.05, 0.1) is 18.9 Å². The largest absolute Gasteiger partial charge is 0.467 e. The molecule has 24 heavy (non-hydrogen) atoms. The van der Waals surface area contributed by atoms with Gasteiger partial charge in [0.15, 0.2) is 0 Å². The average molecular weight is 331 g/mol. The van der Waals surface area contributed by atoms with Crippen molar-refractivity contribution in [1.29, 1.82) is 0 Å². The van der Waals surface area contributed by atoms with Crippen molar-refractivity contribution in [3.05, 3.63) is 42.1 Å². The van der Waals surface area contributed by atoms with Gasteiger partial charge >= 0.3 is 0 Å². The van der Waals surface area contributed by atoms with E-state index in [1.807, 2.05) is 18.1 Å². The number of hydrogen-bond acceptors (Lipinski definition) is 4. The van der Waals surface area contributed by atoms with Gasteiger partial charge in [-0.3, -0.25) is 9.48 Å². The van der Waals surface area contributed by atoms with Crippen molar-refractivity contribution in [3.8, 4) is 0 Å².